The Kier molecular flexibility index (Phi) is 5.64. The molecule has 1 aromatic heterocycles. The molecule has 4 nitrogen and oxygen atoms in total. The van der Waals surface area contributed by atoms with Crippen LogP contribution in [0.15, 0.2) is 52.7 Å². The van der Waals surface area contributed by atoms with Gasteiger partial charge in [0.25, 0.3) is 6.17 Å². The normalized spacial score (nSPS) is 13.7. The maximum absolute atomic E-state index is 13.2. The molecule has 2 aromatic rings. The van der Waals surface area contributed by atoms with Gasteiger partial charge in [-0.2, -0.15) is 27.2 Å². The van der Waals surface area contributed by atoms with E-state index in [2.05, 4.69) is 4.74 Å². The number of Topliss-reactive ketones (excluding diaryl/α,β-unsaturated/α-hetero) is 1. The minimum absolute atomic E-state index is 0.0940. The Balaban J connectivity index is 2.17. The second kappa shape index (κ2) is 7.57. The number of allylic oxidation sites excluding steroid dienone is 1. The summed E-state index contributed by atoms with van der Waals surface area (Å²) < 4.78 is 84.1. The average molecular weight is 389 g/mol. The highest BCUT2D eigenvalue weighted by atomic mass is 19.4. The lowest BCUT2D eigenvalue weighted by Crippen LogP contribution is -2.45. The number of carbonyl (C=O) groups is 1. The molecule has 0 aliphatic rings. The summed E-state index contributed by atoms with van der Waals surface area (Å²) in [5.41, 5.74) is -0.139. The molecule has 1 atom stereocenters. The van der Waals surface area contributed by atoms with E-state index in [1.54, 1.807) is 6.07 Å². The number of benzene rings is 1. The fourth-order valence-corrected chi connectivity index (χ4v) is 1.89. The van der Waals surface area contributed by atoms with Crippen LogP contribution in [0.5, 0.6) is 5.75 Å². The van der Waals surface area contributed by atoms with Gasteiger partial charge in [0, 0.05) is 0 Å². The molecule has 0 aliphatic heterocycles. The van der Waals surface area contributed by atoms with Crippen molar-refractivity contribution in [2.45, 2.75) is 18.5 Å². The van der Waals surface area contributed by atoms with E-state index in [-0.39, 0.29) is 16.9 Å². The zero-order chi connectivity index (χ0) is 20.2. The Morgan fingerprint density at radius 3 is 2.26 bits per heavy atom. The fourth-order valence-electron chi connectivity index (χ4n) is 1.89. The minimum Gasteiger partial charge on any atom is -0.461 e. The fraction of sp³-hybridized carbons (Fsp3) is 0.176. The molecule has 0 bridgehead atoms. The Labute approximate surface area is 148 Å². The van der Waals surface area contributed by atoms with Gasteiger partial charge >= 0.3 is 12.3 Å². The van der Waals surface area contributed by atoms with Crippen LogP contribution < -0.4 is 4.74 Å². The van der Waals surface area contributed by atoms with E-state index in [9.17, 15) is 31.1 Å². The second-order valence-electron chi connectivity index (χ2n) is 5.11. The van der Waals surface area contributed by atoms with Gasteiger partial charge in [0.1, 0.15) is 17.4 Å². The molecule has 27 heavy (non-hydrogen) atoms. The third-order valence-corrected chi connectivity index (χ3v) is 3.14. The van der Waals surface area contributed by atoms with Crippen LogP contribution in [-0.2, 0) is 0 Å². The molecular weight excluding hydrogens is 380 g/mol. The zero-order valence-corrected chi connectivity index (χ0v) is 13.1. The largest absolute Gasteiger partial charge is 0.461 e. The third kappa shape index (κ3) is 4.91. The van der Waals surface area contributed by atoms with Crippen molar-refractivity contribution in [3.8, 4) is 11.8 Å². The first-order valence-corrected chi connectivity index (χ1v) is 7.12. The number of nitriles is 1. The first-order chi connectivity index (χ1) is 12.5. The lowest BCUT2D eigenvalue weighted by Gasteiger charge is -2.23. The highest BCUT2D eigenvalue weighted by Gasteiger charge is 2.59. The quantitative estimate of drug-likeness (QED) is 0.304. The van der Waals surface area contributed by atoms with Gasteiger partial charge < -0.3 is 9.15 Å². The summed E-state index contributed by atoms with van der Waals surface area (Å²) in [6.07, 6.45) is -13.1. The van der Waals surface area contributed by atoms with Gasteiger partial charge in [-0.3, -0.25) is 4.79 Å². The average Bonchev–Trinajstić information content (AvgIpc) is 3.13. The summed E-state index contributed by atoms with van der Waals surface area (Å²) in [6, 6.07) is 8.30. The molecule has 0 saturated carbocycles. The predicted octanol–water partition coefficient (Wildman–Crippen LogP) is 4.94. The number of ketones is 1. The third-order valence-electron chi connectivity index (χ3n) is 3.14. The summed E-state index contributed by atoms with van der Waals surface area (Å²) >= 11 is 0. The molecule has 10 heteroatoms. The number of rotatable bonds is 6. The van der Waals surface area contributed by atoms with Crippen molar-refractivity contribution in [1.82, 2.24) is 0 Å². The van der Waals surface area contributed by atoms with Crippen molar-refractivity contribution < 1.29 is 40.3 Å². The second-order valence-corrected chi connectivity index (χ2v) is 5.11. The number of hydrogen-bond donors (Lipinski definition) is 0. The number of halogens is 6. The lowest BCUT2D eigenvalue weighted by molar-refractivity contribution is -0.304. The highest BCUT2D eigenvalue weighted by Crippen LogP contribution is 2.36. The van der Waals surface area contributed by atoms with Crippen LogP contribution in [0.4, 0.5) is 26.3 Å². The molecule has 0 aliphatic carbocycles. The minimum atomic E-state index is -5.79. The van der Waals surface area contributed by atoms with E-state index >= 15 is 0 Å². The van der Waals surface area contributed by atoms with Crippen LogP contribution in [0.25, 0.3) is 6.08 Å². The molecule has 0 unspecified atom stereocenters. The van der Waals surface area contributed by atoms with Crippen molar-refractivity contribution >= 4 is 11.9 Å². The highest BCUT2D eigenvalue weighted by molar-refractivity contribution is 6.12. The van der Waals surface area contributed by atoms with Gasteiger partial charge in [-0.1, -0.05) is 12.1 Å². The van der Waals surface area contributed by atoms with Crippen LogP contribution in [0.1, 0.15) is 16.1 Å². The lowest BCUT2D eigenvalue weighted by atomic mass is 10.1. The Morgan fingerprint density at radius 2 is 1.78 bits per heavy atom. The summed E-state index contributed by atoms with van der Waals surface area (Å²) in [7, 11) is 0. The van der Waals surface area contributed by atoms with E-state index in [1.807, 2.05) is 0 Å². The molecule has 2 rings (SSSR count). The molecule has 0 N–H and O–H groups in total. The monoisotopic (exact) mass is 389 g/mol. The van der Waals surface area contributed by atoms with E-state index in [0.717, 1.165) is 30.3 Å². The molecule has 0 spiro atoms. The number of furan rings is 1. The molecule has 0 saturated heterocycles. The molecule has 1 heterocycles. The van der Waals surface area contributed by atoms with Gasteiger partial charge in [-0.15, -0.1) is 0 Å². The molecule has 1 aromatic carbocycles. The van der Waals surface area contributed by atoms with Crippen molar-refractivity contribution in [2.75, 3.05) is 0 Å². The van der Waals surface area contributed by atoms with Crippen LogP contribution in [-0.4, -0.2) is 24.2 Å². The first kappa shape index (κ1) is 20.1. The number of hydrogen-bond acceptors (Lipinski definition) is 4. The van der Waals surface area contributed by atoms with Gasteiger partial charge in [-0.05, 0) is 35.9 Å². The van der Waals surface area contributed by atoms with Crippen LogP contribution >= 0.6 is 0 Å². The zero-order valence-electron chi connectivity index (χ0n) is 13.1. The number of carbonyl (C=O) groups excluding carboxylic acids is 1. The van der Waals surface area contributed by atoms with Crippen molar-refractivity contribution in [2.24, 2.45) is 0 Å². The van der Waals surface area contributed by atoms with Crippen LogP contribution in [0.3, 0.4) is 0 Å². The molecule has 142 valence electrons. The molecule has 0 radical (unpaired) electrons. The Morgan fingerprint density at radius 1 is 1.15 bits per heavy atom. The molecular formula is C17H9F6NO3. The van der Waals surface area contributed by atoms with E-state index < -0.39 is 30.0 Å². The number of nitrogens with zero attached hydrogens (tertiary/aromatic N) is 1. The predicted molar refractivity (Wildman–Crippen MR) is 79.6 cm³/mol. The summed E-state index contributed by atoms with van der Waals surface area (Å²) in [5.74, 6) is -1.55. The smallest absolute Gasteiger partial charge is 0.439 e. The maximum atomic E-state index is 13.2. The van der Waals surface area contributed by atoms with Crippen molar-refractivity contribution in [3.63, 3.8) is 0 Å². The summed E-state index contributed by atoms with van der Waals surface area (Å²) in [4.78, 5) is 12.0. The van der Waals surface area contributed by atoms with E-state index in [4.69, 9.17) is 9.68 Å². The standard InChI is InChI=1S/C17H9F6NO3/c18-15(16(19,20)21)17(22,23)27-12-5-3-10(4-6-12)8-11(9-24)14(25)13-2-1-7-26-13/h1-8,15H/b11-8+/t15-/m1/s1. The van der Waals surface area contributed by atoms with Gasteiger partial charge in [0.05, 0.1) is 6.26 Å². The molecule has 0 amide bonds. The van der Waals surface area contributed by atoms with E-state index in [1.165, 1.54) is 18.4 Å². The van der Waals surface area contributed by atoms with Crippen molar-refractivity contribution in [3.05, 3.63) is 59.6 Å². The number of alkyl halides is 6. The van der Waals surface area contributed by atoms with E-state index in [0.29, 0.717) is 0 Å². The van der Waals surface area contributed by atoms with Crippen LogP contribution in [0, 0.1) is 11.3 Å². The number of ether oxygens (including phenoxy) is 1. The van der Waals surface area contributed by atoms with Gasteiger partial charge in [0.2, 0.25) is 5.78 Å². The van der Waals surface area contributed by atoms with Crippen LogP contribution in [0.2, 0.25) is 0 Å². The van der Waals surface area contributed by atoms with Crippen molar-refractivity contribution in [1.29, 1.82) is 5.26 Å². The summed E-state index contributed by atoms with van der Waals surface area (Å²) in [5, 5.41) is 9.05. The van der Waals surface area contributed by atoms with Gasteiger partial charge in [-0.25, -0.2) is 4.39 Å². The Hall–Kier alpha value is -3.22. The molecule has 0 fully saturated rings. The van der Waals surface area contributed by atoms with Gasteiger partial charge in [0.15, 0.2) is 5.76 Å². The first-order valence-electron chi connectivity index (χ1n) is 7.12. The Bertz CT molecular complexity index is 864. The SMILES string of the molecule is N#C/C(=C\c1ccc(OC(F)(F)[C@H](F)C(F)(F)F)cc1)C(=O)c1ccco1. The maximum Gasteiger partial charge on any atom is 0.439 e. The topological polar surface area (TPSA) is 63.2 Å². The summed E-state index contributed by atoms with van der Waals surface area (Å²) in [6.45, 7) is 0.